The fraction of sp³-hybridized carbons (Fsp3) is 0.500. The van der Waals surface area contributed by atoms with Gasteiger partial charge in [-0.3, -0.25) is 14.4 Å². The maximum Gasteiger partial charge on any atom is 0.300 e. The van der Waals surface area contributed by atoms with Crippen LogP contribution in [-0.2, 0) is 14.4 Å². The van der Waals surface area contributed by atoms with Gasteiger partial charge in [-0.2, -0.15) is 0 Å². The Kier molecular flexibility index (Phi) is 144. The first-order valence-corrected chi connectivity index (χ1v) is 2.78. The molecule has 0 aliphatic carbocycles. The molecule has 11 heteroatoms. The summed E-state index contributed by atoms with van der Waals surface area (Å²) >= 11 is 0. The molecule has 11 N–H and O–H groups in total. The first-order chi connectivity index (χ1) is 5.20. The van der Waals surface area contributed by atoms with Crippen molar-refractivity contribution in [3.63, 3.8) is 0 Å². The summed E-state index contributed by atoms with van der Waals surface area (Å²) in [5.41, 5.74) is 0. The van der Waals surface area contributed by atoms with Gasteiger partial charge < -0.3 is 37.2 Å². The molecule has 0 rings (SSSR count). The van der Waals surface area contributed by atoms with Gasteiger partial charge in [0.25, 0.3) is 17.9 Å². The topological polar surface area (TPSA) is 238 Å². The Balaban J connectivity index is -0.0000000104. The fourth-order valence-corrected chi connectivity index (χ4v) is 0. The van der Waals surface area contributed by atoms with Crippen LogP contribution in [-0.4, -0.2) is 55.1 Å². The molecule has 0 bridgehead atoms. The molecule has 10 nitrogen and oxygen atoms in total. The summed E-state index contributed by atoms with van der Waals surface area (Å²) in [5, 5.41) is 22.2. The van der Waals surface area contributed by atoms with E-state index in [1.807, 2.05) is 0 Å². The average Bonchev–Trinajstić information content (AvgIpc) is 1.54. The molecule has 0 radical (unpaired) electrons. The van der Waals surface area contributed by atoms with Crippen LogP contribution < -0.4 is 0 Å². The van der Waals surface area contributed by atoms with Gasteiger partial charge >= 0.3 is 0 Å². The van der Waals surface area contributed by atoms with Crippen LogP contribution in [0.2, 0.25) is 0 Å². The minimum Gasteiger partial charge on any atom is -0.481 e. The van der Waals surface area contributed by atoms with Gasteiger partial charge in [0.1, 0.15) is 0 Å². The van der Waals surface area contributed by atoms with Crippen molar-refractivity contribution in [2.24, 2.45) is 0 Å². The van der Waals surface area contributed by atoms with Gasteiger partial charge in [0.05, 0.1) is 0 Å². The van der Waals surface area contributed by atoms with Crippen molar-refractivity contribution in [3.05, 3.63) is 0 Å². The average molecular weight is 396 g/mol. The number of hydrogen-bond acceptors (Lipinski definition) is 3. The molecule has 17 heavy (non-hydrogen) atoms. The van der Waals surface area contributed by atoms with E-state index in [-0.39, 0.29) is 62.7 Å². The second-order valence-electron chi connectivity index (χ2n) is 1.56. The van der Waals surface area contributed by atoms with Crippen molar-refractivity contribution in [2.75, 3.05) is 0 Å². The minimum absolute atomic E-state index is 0. The maximum absolute atomic E-state index is 9.00. The van der Waals surface area contributed by atoms with Crippen LogP contribution in [0.5, 0.6) is 0 Å². The largest absolute Gasteiger partial charge is 0.481 e. The summed E-state index contributed by atoms with van der Waals surface area (Å²) < 4.78 is 0. The van der Waals surface area contributed by atoms with E-state index in [1.54, 1.807) is 0 Å². The van der Waals surface area contributed by atoms with E-state index in [2.05, 4.69) is 0 Å². The van der Waals surface area contributed by atoms with Crippen LogP contribution in [0.3, 0.4) is 0 Å². The second-order valence-corrected chi connectivity index (χ2v) is 1.56. The van der Waals surface area contributed by atoms with Crippen LogP contribution in [0.25, 0.3) is 0 Å². The molecular formula is C6H20NdO10. The third-order valence-electron chi connectivity index (χ3n) is 0. The van der Waals surface area contributed by atoms with Crippen LogP contribution in [0.15, 0.2) is 0 Å². The quantitative estimate of drug-likeness (QED) is 0.384. The first-order valence-electron chi connectivity index (χ1n) is 2.78. The number of carboxylic acid groups (broad SMARTS) is 3. The fourth-order valence-electron chi connectivity index (χ4n) is 0. The van der Waals surface area contributed by atoms with Crippen LogP contribution in [0.4, 0.5) is 0 Å². The Morgan fingerprint density at radius 3 is 0.588 bits per heavy atom. The number of carboxylic acids is 3. The molecule has 0 saturated heterocycles. The van der Waals surface area contributed by atoms with E-state index < -0.39 is 17.9 Å². The number of carbonyl (C=O) groups is 3. The predicted octanol–water partition coefficient (Wildman–Crippen LogP) is -3.03. The normalized spacial score (nSPS) is 4.41. The summed E-state index contributed by atoms with van der Waals surface area (Å²) in [5.74, 6) is -2.50. The van der Waals surface area contributed by atoms with Crippen molar-refractivity contribution >= 4 is 17.9 Å². The van der Waals surface area contributed by atoms with E-state index in [1.165, 1.54) is 0 Å². The van der Waals surface area contributed by atoms with Gasteiger partial charge in [-0.05, 0) is 0 Å². The van der Waals surface area contributed by atoms with Crippen LogP contribution in [0, 0.1) is 40.8 Å². The van der Waals surface area contributed by atoms with Crippen molar-refractivity contribution < 1.29 is 92.4 Å². The van der Waals surface area contributed by atoms with Gasteiger partial charge in [0.15, 0.2) is 0 Å². The molecule has 0 aromatic rings. The summed E-state index contributed by atoms with van der Waals surface area (Å²) in [6, 6.07) is 0. The Labute approximate surface area is 130 Å². The molecule has 0 aliphatic heterocycles. The summed E-state index contributed by atoms with van der Waals surface area (Å²) in [4.78, 5) is 27.0. The van der Waals surface area contributed by atoms with Gasteiger partial charge in [0.2, 0.25) is 0 Å². The molecule has 0 fully saturated rings. The van der Waals surface area contributed by atoms with Crippen molar-refractivity contribution in [1.29, 1.82) is 0 Å². The smallest absolute Gasteiger partial charge is 0.300 e. The van der Waals surface area contributed by atoms with Crippen molar-refractivity contribution in [2.45, 2.75) is 20.8 Å². The molecule has 0 aromatic carbocycles. The Morgan fingerprint density at radius 2 is 0.588 bits per heavy atom. The molecule has 0 amide bonds. The van der Waals surface area contributed by atoms with E-state index in [0.29, 0.717) is 0 Å². The minimum atomic E-state index is -0.833. The molecule has 0 atom stereocenters. The Bertz CT molecular complexity index is 118. The summed E-state index contributed by atoms with van der Waals surface area (Å²) in [6.45, 7) is 3.25. The van der Waals surface area contributed by atoms with Gasteiger partial charge in [-0.15, -0.1) is 0 Å². The maximum atomic E-state index is 9.00. The number of rotatable bonds is 0. The molecule has 0 spiro atoms. The Morgan fingerprint density at radius 1 is 0.588 bits per heavy atom. The molecular weight excluding hydrogens is 376 g/mol. The monoisotopic (exact) mass is 394 g/mol. The molecule has 0 heterocycles. The summed E-state index contributed by atoms with van der Waals surface area (Å²) in [7, 11) is 0. The molecule has 0 aromatic heterocycles. The first kappa shape index (κ1) is 54.6. The van der Waals surface area contributed by atoms with E-state index in [0.717, 1.165) is 20.8 Å². The summed E-state index contributed by atoms with van der Waals surface area (Å²) in [6.07, 6.45) is 0. The van der Waals surface area contributed by atoms with E-state index >= 15 is 0 Å². The molecule has 0 saturated carbocycles. The van der Waals surface area contributed by atoms with Gasteiger partial charge in [-0.1, -0.05) is 0 Å². The third kappa shape index (κ3) is 18100. The van der Waals surface area contributed by atoms with Crippen molar-refractivity contribution in [1.82, 2.24) is 0 Å². The van der Waals surface area contributed by atoms with Crippen LogP contribution in [0.1, 0.15) is 20.8 Å². The van der Waals surface area contributed by atoms with E-state index in [4.69, 9.17) is 29.7 Å². The molecule has 0 unspecified atom stereocenters. The molecule has 108 valence electrons. The third-order valence-corrected chi connectivity index (χ3v) is 0. The van der Waals surface area contributed by atoms with E-state index in [9.17, 15) is 0 Å². The second kappa shape index (κ2) is 45.0. The van der Waals surface area contributed by atoms with Gasteiger partial charge in [0, 0.05) is 61.6 Å². The molecule has 0 aliphatic rings. The predicted molar refractivity (Wildman–Crippen MR) is 54.4 cm³/mol. The number of aliphatic carboxylic acids is 3. The SMILES string of the molecule is CC(=O)O.CC(=O)O.CC(=O)O.O.O.O.O.[Nd]. The zero-order chi connectivity index (χ0) is 10.7. The van der Waals surface area contributed by atoms with Gasteiger partial charge in [-0.25, -0.2) is 0 Å². The van der Waals surface area contributed by atoms with Crippen molar-refractivity contribution in [3.8, 4) is 0 Å². The zero-order valence-electron chi connectivity index (χ0n) is 9.57. The Hall–Kier alpha value is -0.399. The number of hydrogen-bond donors (Lipinski definition) is 3. The standard InChI is InChI=1S/3C2H4O2.Nd.4H2O/c3*1-2(3)4;;;;;/h3*1H3,(H,3,4);;4*1H2. The zero-order valence-corrected chi connectivity index (χ0v) is 12.8. The van der Waals surface area contributed by atoms with Crippen LogP contribution >= 0.6 is 0 Å².